The van der Waals surface area contributed by atoms with Gasteiger partial charge in [-0.05, 0) is 36.8 Å². The molecule has 0 aliphatic carbocycles. The minimum atomic E-state index is -3.44. The third kappa shape index (κ3) is 3.46. The topological polar surface area (TPSA) is 51.2 Å². The van der Waals surface area contributed by atoms with Gasteiger partial charge in [-0.25, -0.2) is 8.42 Å². The fraction of sp³-hybridized carbons (Fsp3) is 0.133. The van der Waals surface area contributed by atoms with Gasteiger partial charge in [0.25, 0.3) is 0 Å². The number of sulfone groups is 1. The first-order valence-corrected chi connectivity index (χ1v) is 8.00. The number of halogens is 1. The number of Topliss-reactive ketones (excluding diaryl/α,β-unsaturated/α-hetero) is 1. The summed E-state index contributed by atoms with van der Waals surface area (Å²) in [6.45, 7) is 1.44. The van der Waals surface area contributed by atoms with Crippen LogP contribution in [0.25, 0.3) is 0 Å². The predicted octanol–water partition coefficient (Wildman–Crippen LogP) is 3.52. The molecular weight excluding hydrogens is 296 g/mol. The zero-order valence-corrected chi connectivity index (χ0v) is 12.4. The van der Waals surface area contributed by atoms with Crippen molar-refractivity contribution in [2.24, 2.45) is 0 Å². The Morgan fingerprint density at radius 2 is 1.75 bits per heavy atom. The summed E-state index contributed by atoms with van der Waals surface area (Å²) >= 11 is 5.84. The summed E-state index contributed by atoms with van der Waals surface area (Å²) < 4.78 is 24.5. The molecule has 0 amide bonds. The monoisotopic (exact) mass is 308 g/mol. The summed E-state index contributed by atoms with van der Waals surface area (Å²) in [5, 5.41) is 0.504. The van der Waals surface area contributed by atoms with Gasteiger partial charge in [0.1, 0.15) is 0 Å². The lowest BCUT2D eigenvalue weighted by molar-refractivity contribution is 0.101. The molecule has 104 valence electrons. The molecule has 0 unspecified atom stereocenters. The van der Waals surface area contributed by atoms with Crippen LogP contribution in [-0.4, -0.2) is 14.2 Å². The quantitative estimate of drug-likeness (QED) is 0.812. The van der Waals surface area contributed by atoms with E-state index in [-0.39, 0.29) is 16.4 Å². The predicted molar refractivity (Wildman–Crippen MR) is 78.8 cm³/mol. The third-order valence-electron chi connectivity index (χ3n) is 2.87. The third-order valence-corrected chi connectivity index (χ3v) is 4.80. The van der Waals surface area contributed by atoms with E-state index in [0.717, 1.165) is 0 Å². The Balaban J connectivity index is 2.28. The van der Waals surface area contributed by atoms with Crippen LogP contribution in [0.3, 0.4) is 0 Å². The molecule has 0 bridgehead atoms. The lowest BCUT2D eigenvalue weighted by atomic mass is 10.2. The molecular formula is C15H13ClO3S. The van der Waals surface area contributed by atoms with Crippen LogP contribution in [-0.2, 0) is 15.6 Å². The standard InChI is InChI=1S/C15H13ClO3S/c1-11(17)13-5-7-15(8-6-13)20(18,19)10-12-3-2-4-14(16)9-12/h2-9H,10H2,1H3. The van der Waals surface area contributed by atoms with Gasteiger partial charge in [0.15, 0.2) is 15.6 Å². The van der Waals surface area contributed by atoms with Crippen LogP contribution in [0, 0.1) is 0 Å². The molecule has 0 saturated carbocycles. The molecule has 0 aromatic heterocycles. The molecule has 2 aromatic carbocycles. The minimum Gasteiger partial charge on any atom is -0.295 e. The minimum absolute atomic E-state index is 0.0937. The largest absolute Gasteiger partial charge is 0.295 e. The molecule has 0 aliphatic rings. The maximum Gasteiger partial charge on any atom is 0.182 e. The van der Waals surface area contributed by atoms with Gasteiger partial charge < -0.3 is 0 Å². The summed E-state index contributed by atoms with van der Waals surface area (Å²) in [4.78, 5) is 11.4. The van der Waals surface area contributed by atoms with Crippen molar-refractivity contribution in [1.82, 2.24) is 0 Å². The Bertz CT molecular complexity index is 734. The van der Waals surface area contributed by atoms with Gasteiger partial charge in [-0.2, -0.15) is 0 Å². The van der Waals surface area contributed by atoms with Gasteiger partial charge >= 0.3 is 0 Å². The van der Waals surface area contributed by atoms with Crippen molar-refractivity contribution in [3.05, 3.63) is 64.7 Å². The van der Waals surface area contributed by atoms with Gasteiger partial charge in [0.05, 0.1) is 10.6 Å². The normalized spacial score (nSPS) is 11.3. The van der Waals surface area contributed by atoms with Gasteiger partial charge in [0.2, 0.25) is 0 Å². The Hall–Kier alpha value is -1.65. The van der Waals surface area contributed by atoms with E-state index in [0.29, 0.717) is 16.1 Å². The zero-order chi connectivity index (χ0) is 14.8. The summed E-state index contributed by atoms with van der Waals surface area (Å²) in [7, 11) is -3.44. The van der Waals surface area contributed by atoms with Crippen molar-refractivity contribution in [1.29, 1.82) is 0 Å². The molecule has 0 saturated heterocycles. The lowest BCUT2D eigenvalue weighted by Gasteiger charge is -2.06. The van der Waals surface area contributed by atoms with E-state index in [1.807, 2.05) is 0 Å². The van der Waals surface area contributed by atoms with E-state index in [1.54, 1.807) is 24.3 Å². The molecule has 3 nitrogen and oxygen atoms in total. The molecule has 0 N–H and O–H groups in total. The van der Waals surface area contributed by atoms with Gasteiger partial charge in [-0.15, -0.1) is 0 Å². The van der Waals surface area contributed by atoms with Gasteiger partial charge in [-0.3, -0.25) is 4.79 Å². The first-order valence-electron chi connectivity index (χ1n) is 5.97. The molecule has 0 spiro atoms. The molecule has 0 fully saturated rings. The maximum absolute atomic E-state index is 12.3. The lowest BCUT2D eigenvalue weighted by Crippen LogP contribution is -2.05. The van der Waals surface area contributed by atoms with E-state index >= 15 is 0 Å². The van der Waals surface area contributed by atoms with Gasteiger partial charge in [0, 0.05) is 10.6 Å². The highest BCUT2D eigenvalue weighted by atomic mass is 35.5. The number of rotatable bonds is 4. The number of carbonyl (C=O) groups excluding carboxylic acids is 1. The smallest absolute Gasteiger partial charge is 0.182 e. The second-order valence-corrected chi connectivity index (χ2v) is 6.90. The highest BCUT2D eigenvalue weighted by Gasteiger charge is 2.15. The van der Waals surface area contributed by atoms with Crippen LogP contribution in [0.4, 0.5) is 0 Å². The average molecular weight is 309 g/mol. The molecule has 2 rings (SSSR count). The number of hydrogen-bond acceptors (Lipinski definition) is 3. The Morgan fingerprint density at radius 3 is 2.30 bits per heavy atom. The molecule has 0 aliphatic heterocycles. The van der Waals surface area contributed by atoms with Crippen LogP contribution >= 0.6 is 11.6 Å². The van der Waals surface area contributed by atoms with Crippen molar-refractivity contribution in [2.75, 3.05) is 0 Å². The van der Waals surface area contributed by atoms with Crippen LogP contribution in [0.1, 0.15) is 22.8 Å². The second kappa shape index (κ2) is 5.77. The Kier molecular flexibility index (Phi) is 4.26. The van der Waals surface area contributed by atoms with Crippen LogP contribution < -0.4 is 0 Å². The number of hydrogen-bond donors (Lipinski definition) is 0. The van der Waals surface area contributed by atoms with Gasteiger partial charge in [-0.1, -0.05) is 35.9 Å². The van der Waals surface area contributed by atoms with Crippen molar-refractivity contribution >= 4 is 27.2 Å². The molecule has 2 aromatic rings. The highest BCUT2D eigenvalue weighted by Crippen LogP contribution is 2.19. The fourth-order valence-electron chi connectivity index (χ4n) is 1.83. The summed E-state index contributed by atoms with van der Waals surface area (Å²) in [5.74, 6) is -0.212. The zero-order valence-electron chi connectivity index (χ0n) is 10.8. The molecule has 0 radical (unpaired) electrons. The Morgan fingerprint density at radius 1 is 1.10 bits per heavy atom. The van der Waals surface area contributed by atoms with Crippen LogP contribution in [0.5, 0.6) is 0 Å². The first-order chi connectivity index (χ1) is 9.38. The van der Waals surface area contributed by atoms with Crippen LogP contribution in [0.2, 0.25) is 5.02 Å². The van der Waals surface area contributed by atoms with E-state index in [1.165, 1.54) is 31.2 Å². The van der Waals surface area contributed by atoms with Crippen molar-refractivity contribution in [3.63, 3.8) is 0 Å². The number of ketones is 1. The number of benzene rings is 2. The molecule has 5 heteroatoms. The number of carbonyl (C=O) groups is 1. The van der Waals surface area contributed by atoms with Crippen molar-refractivity contribution < 1.29 is 13.2 Å². The molecule has 0 heterocycles. The molecule has 0 atom stereocenters. The van der Waals surface area contributed by atoms with E-state index in [2.05, 4.69) is 0 Å². The summed E-state index contributed by atoms with van der Waals surface area (Å²) in [6, 6.07) is 12.7. The first kappa shape index (κ1) is 14.8. The summed E-state index contributed by atoms with van der Waals surface area (Å²) in [6.07, 6.45) is 0. The van der Waals surface area contributed by atoms with E-state index in [9.17, 15) is 13.2 Å². The second-order valence-electron chi connectivity index (χ2n) is 4.47. The van der Waals surface area contributed by atoms with Crippen LogP contribution in [0.15, 0.2) is 53.4 Å². The summed E-state index contributed by atoms with van der Waals surface area (Å²) in [5.41, 5.74) is 1.12. The highest BCUT2D eigenvalue weighted by molar-refractivity contribution is 7.90. The average Bonchev–Trinajstić information content (AvgIpc) is 2.38. The van der Waals surface area contributed by atoms with E-state index < -0.39 is 9.84 Å². The van der Waals surface area contributed by atoms with Crippen molar-refractivity contribution in [2.45, 2.75) is 17.6 Å². The Labute approximate surface area is 123 Å². The molecule has 20 heavy (non-hydrogen) atoms. The fourth-order valence-corrected chi connectivity index (χ4v) is 3.38. The maximum atomic E-state index is 12.3. The van der Waals surface area contributed by atoms with E-state index in [4.69, 9.17) is 11.6 Å². The van der Waals surface area contributed by atoms with Crippen molar-refractivity contribution in [3.8, 4) is 0 Å². The SMILES string of the molecule is CC(=O)c1ccc(S(=O)(=O)Cc2cccc(Cl)c2)cc1.